The highest BCUT2D eigenvalue weighted by Gasteiger charge is 2.27. The third-order valence-electron chi connectivity index (χ3n) is 3.64. The first-order valence-electron chi connectivity index (χ1n) is 6.05. The molecule has 3 rings (SSSR count). The van der Waals surface area contributed by atoms with Crippen LogP contribution in [0.3, 0.4) is 0 Å². The van der Waals surface area contributed by atoms with E-state index in [0.29, 0.717) is 5.92 Å². The van der Waals surface area contributed by atoms with Crippen molar-refractivity contribution in [2.24, 2.45) is 0 Å². The molecule has 88 valence electrons. The van der Waals surface area contributed by atoms with Crippen LogP contribution in [-0.2, 0) is 0 Å². The molecule has 0 radical (unpaired) electrons. The zero-order chi connectivity index (χ0) is 11.0. The number of nitrogens with zero attached hydrogens (tertiary/aromatic N) is 2. The van der Waals surface area contributed by atoms with Crippen LogP contribution in [0, 0.1) is 0 Å². The van der Waals surface area contributed by atoms with Crippen molar-refractivity contribution >= 4 is 17.4 Å². The Labute approximate surface area is 100 Å². The lowest BCUT2D eigenvalue weighted by Gasteiger charge is -2.28. The van der Waals surface area contributed by atoms with Crippen molar-refractivity contribution in [1.29, 1.82) is 0 Å². The number of aromatic nitrogens is 2. The summed E-state index contributed by atoms with van der Waals surface area (Å²) in [6.07, 6.45) is 3.83. The van der Waals surface area contributed by atoms with Gasteiger partial charge < -0.3 is 10.2 Å². The van der Waals surface area contributed by atoms with Crippen molar-refractivity contribution in [2.45, 2.75) is 25.2 Å². The number of rotatable bonds is 2. The third kappa shape index (κ3) is 1.70. The highest BCUT2D eigenvalue weighted by atomic mass is 35.5. The monoisotopic (exact) mass is 240 g/mol. The van der Waals surface area contributed by atoms with Gasteiger partial charge in [0, 0.05) is 32.1 Å². The van der Waals surface area contributed by atoms with E-state index in [1.54, 1.807) is 0 Å². The summed E-state index contributed by atoms with van der Waals surface area (Å²) >= 11 is 6.41. The zero-order valence-corrected chi connectivity index (χ0v) is 10.1. The van der Waals surface area contributed by atoms with E-state index in [1.807, 2.05) is 0 Å². The van der Waals surface area contributed by atoms with Crippen molar-refractivity contribution in [3.63, 3.8) is 0 Å². The van der Waals surface area contributed by atoms with Crippen molar-refractivity contribution in [3.05, 3.63) is 10.7 Å². The first kappa shape index (κ1) is 10.4. The fourth-order valence-corrected chi connectivity index (χ4v) is 2.74. The largest absolute Gasteiger partial charge is 0.351 e. The van der Waals surface area contributed by atoms with Gasteiger partial charge >= 0.3 is 0 Å². The Hall–Kier alpha value is -0.740. The summed E-state index contributed by atoms with van der Waals surface area (Å²) in [6.45, 7) is 4.02. The summed E-state index contributed by atoms with van der Waals surface area (Å²) in [4.78, 5) is 2.26. The minimum atomic E-state index is 0.622. The highest BCUT2D eigenvalue weighted by molar-refractivity contribution is 6.33. The molecule has 1 aromatic heterocycles. The highest BCUT2D eigenvalue weighted by Crippen LogP contribution is 2.41. The van der Waals surface area contributed by atoms with Gasteiger partial charge in [-0.25, -0.2) is 0 Å². The fourth-order valence-electron chi connectivity index (χ4n) is 2.39. The number of halogens is 1. The fraction of sp³-hybridized carbons (Fsp3) is 0.727. The number of aromatic amines is 1. The van der Waals surface area contributed by atoms with Crippen LogP contribution in [0.2, 0.25) is 5.02 Å². The average molecular weight is 241 g/mol. The van der Waals surface area contributed by atoms with Crippen LogP contribution in [0.15, 0.2) is 0 Å². The molecule has 2 heterocycles. The summed E-state index contributed by atoms with van der Waals surface area (Å²) in [5, 5.41) is 11.7. The normalized spacial score (nSPS) is 22.2. The molecule has 1 aliphatic carbocycles. The number of anilines is 1. The molecule has 1 saturated carbocycles. The van der Waals surface area contributed by atoms with E-state index < -0.39 is 0 Å². The van der Waals surface area contributed by atoms with Crippen molar-refractivity contribution in [1.82, 2.24) is 15.5 Å². The van der Waals surface area contributed by atoms with Gasteiger partial charge in [0.15, 0.2) is 5.82 Å². The van der Waals surface area contributed by atoms with E-state index in [0.717, 1.165) is 42.7 Å². The van der Waals surface area contributed by atoms with Gasteiger partial charge in [-0.3, -0.25) is 5.10 Å². The smallest absolute Gasteiger partial charge is 0.169 e. The Morgan fingerprint density at radius 3 is 2.62 bits per heavy atom. The van der Waals surface area contributed by atoms with Crippen LogP contribution in [0.4, 0.5) is 5.82 Å². The SMILES string of the molecule is Clc1c(N2CCNCC2)n[nH]c1C1CCC1. The van der Waals surface area contributed by atoms with Gasteiger partial charge in [-0.2, -0.15) is 5.10 Å². The van der Waals surface area contributed by atoms with Gasteiger partial charge in [-0.05, 0) is 12.8 Å². The molecule has 2 aliphatic rings. The summed E-state index contributed by atoms with van der Waals surface area (Å²) in [5.74, 6) is 1.57. The van der Waals surface area contributed by atoms with E-state index in [2.05, 4.69) is 20.4 Å². The van der Waals surface area contributed by atoms with Crippen LogP contribution < -0.4 is 10.2 Å². The van der Waals surface area contributed by atoms with Crippen molar-refractivity contribution in [2.75, 3.05) is 31.1 Å². The molecule has 0 unspecified atom stereocenters. The van der Waals surface area contributed by atoms with Gasteiger partial charge in [-0.15, -0.1) is 0 Å². The van der Waals surface area contributed by atoms with E-state index in [9.17, 15) is 0 Å². The molecule has 5 heteroatoms. The van der Waals surface area contributed by atoms with E-state index >= 15 is 0 Å². The first-order valence-corrected chi connectivity index (χ1v) is 6.43. The number of H-pyrrole nitrogens is 1. The molecule has 2 N–H and O–H groups in total. The number of hydrogen-bond donors (Lipinski definition) is 2. The second-order valence-corrected chi connectivity index (χ2v) is 5.02. The molecule has 4 nitrogen and oxygen atoms in total. The number of nitrogens with one attached hydrogen (secondary N) is 2. The summed E-state index contributed by atoms with van der Waals surface area (Å²) in [6, 6.07) is 0. The van der Waals surface area contributed by atoms with Crippen LogP contribution in [0.25, 0.3) is 0 Å². The van der Waals surface area contributed by atoms with E-state index in [-0.39, 0.29) is 0 Å². The predicted molar refractivity (Wildman–Crippen MR) is 65.3 cm³/mol. The molecule has 1 aromatic rings. The molecular formula is C11H17ClN4. The molecule has 16 heavy (non-hydrogen) atoms. The molecule has 0 atom stereocenters. The molecule has 0 aromatic carbocycles. The maximum Gasteiger partial charge on any atom is 0.169 e. The Kier molecular flexibility index (Phi) is 2.77. The summed E-state index contributed by atoms with van der Waals surface area (Å²) in [7, 11) is 0. The van der Waals surface area contributed by atoms with Gasteiger partial charge in [0.25, 0.3) is 0 Å². The van der Waals surface area contributed by atoms with Gasteiger partial charge in [0.1, 0.15) is 5.02 Å². The lowest BCUT2D eigenvalue weighted by molar-refractivity contribution is 0.411. The zero-order valence-electron chi connectivity index (χ0n) is 9.30. The second-order valence-electron chi connectivity index (χ2n) is 4.64. The lowest BCUT2D eigenvalue weighted by atomic mass is 9.83. The lowest BCUT2D eigenvalue weighted by Crippen LogP contribution is -2.43. The third-order valence-corrected chi connectivity index (χ3v) is 4.02. The van der Waals surface area contributed by atoms with Gasteiger partial charge in [0.2, 0.25) is 0 Å². The van der Waals surface area contributed by atoms with E-state index in [4.69, 9.17) is 11.6 Å². The minimum Gasteiger partial charge on any atom is -0.351 e. The standard InChI is InChI=1S/C11H17ClN4/c12-9-10(8-2-1-3-8)14-15-11(9)16-6-4-13-5-7-16/h8,13H,1-7H2,(H,14,15). The predicted octanol–water partition coefficient (Wildman–Crippen LogP) is 1.74. The Morgan fingerprint density at radius 1 is 1.25 bits per heavy atom. The molecule has 0 amide bonds. The molecule has 2 fully saturated rings. The maximum absolute atomic E-state index is 6.41. The first-order chi connectivity index (χ1) is 7.86. The molecular weight excluding hydrogens is 224 g/mol. The van der Waals surface area contributed by atoms with Crippen molar-refractivity contribution < 1.29 is 0 Å². The maximum atomic E-state index is 6.41. The Bertz CT molecular complexity index is 366. The van der Waals surface area contributed by atoms with Gasteiger partial charge in [-0.1, -0.05) is 18.0 Å². The molecule has 1 aliphatic heterocycles. The van der Waals surface area contributed by atoms with Crippen LogP contribution in [0.1, 0.15) is 30.9 Å². The topological polar surface area (TPSA) is 44.0 Å². The summed E-state index contributed by atoms with van der Waals surface area (Å²) < 4.78 is 0. The number of hydrogen-bond acceptors (Lipinski definition) is 3. The second kappa shape index (κ2) is 4.26. The molecule has 0 spiro atoms. The Balaban J connectivity index is 1.81. The van der Waals surface area contributed by atoms with Crippen molar-refractivity contribution in [3.8, 4) is 0 Å². The average Bonchev–Trinajstić information content (AvgIpc) is 2.60. The summed E-state index contributed by atoms with van der Waals surface area (Å²) in [5.41, 5.74) is 1.15. The Morgan fingerprint density at radius 2 is 2.00 bits per heavy atom. The van der Waals surface area contributed by atoms with Crippen LogP contribution in [-0.4, -0.2) is 36.4 Å². The molecule has 0 bridgehead atoms. The van der Waals surface area contributed by atoms with Gasteiger partial charge in [0.05, 0.1) is 5.69 Å². The minimum absolute atomic E-state index is 0.622. The quantitative estimate of drug-likeness (QED) is 0.828. The van der Waals surface area contributed by atoms with Crippen LogP contribution in [0.5, 0.6) is 0 Å². The van der Waals surface area contributed by atoms with E-state index in [1.165, 1.54) is 19.3 Å². The molecule has 1 saturated heterocycles. The number of piperazine rings is 1. The van der Waals surface area contributed by atoms with Crippen LogP contribution >= 0.6 is 11.6 Å².